The van der Waals surface area contributed by atoms with E-state index in [1.165, 1.54) is 5.56 Å². The molecule has 2 aliphatic rings. The van der Waals surface area contributed by atoms with Crippen LogP contribution in [0.2, 0.25) is 0 Å². The molecule has 5 rings (SSSR count). The van der Waals surface area contributed by atoms with Crippen LogP contribution in [-0.4, -0.2) is 40.8 Å². The molecule has 7 heteroatoms. The minimum Gasteiger partial charge on any atom is -0.474 e. The Morgan fingerprint density at radius 3 is 2.79 bits per heavy atom. The molecule has 3 aromatic rings. The summed E-state index contributed by atoms with van der Waals surface area (Å²) in [6.45, 7) is 2.23. The van der Waals surface area contributed by atoms with Crippen molar-refractivity contribution in [3.8, 4) is 5.88 Å². The lowest BCUT2D eigenvalue weighted by Gasteiger charge is -2.35. The monoisotopic (exact) mass is 378 g/mol. The summed E-state index contributed by atoms with van der Waals surface area (Å²) in [7, 11) is 0. The number of rotatable bonds is 5. The van der Waals surface area contributed by atoms with Gasteiger partial charge in [-0.3, -0.25) is 0 Å². The fourth-order valence-electron chi connectivity index (χ4n) is 3.76. The number of anilines is 1. The maximum Gasteiger partial charge on any atom is 0.218 e. The van der Waals surface area contributed by atoms with Crippen LogP contribution in [0, 0.1) is 0 Å². The van der Waals surface area contributed by atoms with Crippen LogP contribution in [-0.2, 0) is 4.74 Å². The lowest BCUT2D eigenvalue weighted by molar-refractivity contribution is 0.0394. The Kier molecular flexibility index (Phi) is 4.66. The molecular formula is C21H22N4O3. The zero-order valence-electron chi connectivity index (χ0n) is 15.5. The van der Waals surface area contributed by atoms with Gasteiger partial charge in [-0.1, -0.05) is 30.3 Å². The molecule has 1 aliphatic heterocycles. The molecule has 1 saturated carbocycles. The van der Waals surface area contributed by atoms with E-state index in [0.717, 1.165) is 37.6 Å². The highest BCUT2D eigenvalue weighted by molar-refractivity contribution is 5.42. The molecule has 1 aromatic carbocycles. The Hall–Kier alpha value is -2.93. The fraction of sp³-hybridized carbons (Fsp3) is 0.381. The zero-order valence-corrected chi connectivity index (χ0v) is 15.5. The van der Waals surface area contributed by atoms with E-state index in [4.69, 9.17) is 13.9 Å². The van der Waals surface area contributed by atoms with E-state index >= 15 is 0 Å². The summed E-state index contributed by atoms with van der Waals surface area (Å²) < 4.78 is 17.4. The van der Waals surface area contributed by atoms with Gasteiger partial charge in [0.05, 0.1) is 12.8 Å². The second-order valence-electron chi connectivity index (χ2n) is 7.21. The van der Waals surface area contributed by atoms with E-state index in [0.29, 0.717) is 18.4 Å². The van der Waals surface area contributed by atoms with Gasteiger partial charge >= 0.3 is 0 Å². The summed E-state index contributed by atoms with van der Waals surface area (Å²) in [6.07, 6.45) is 6.85. The molecule has 0 unspecified atom stereocenters. The summed E-state index contributed by atoms with van der Waals surface area (Å²) in [4.78, 5) is 15.2. The van der Waals surface area contributed by atoms with Crippen molar-refractivity contribution in [3.63, 3.8) is 0 Å². The lowest BCUT2D eigenvalue weighted by atomic mass is 9.82. The van der Waals surface area contributed by atoms with Gasteiger partial charge in [-0.2, -0.15) is 0 Å². The van der Waals surface area contributed by atoms with Gasteiger partial charge in [0.2, 0.25) is 5.88 Å². The van der Waals surface area contributed by atoms with Crippen LogP contribution in [0.25, 0.3) is 0 Å². The van der Waals surface area contributed by atoms with Crippen molar-refractivity contribution in [2.24, 2.45) is 0 Å². The third kappa shape index (κ3) is 3.57. The molecule has 2 fully saturated rings. The standard InChI is InChI=1S/C21H22N4O3/c1-2-4-15(5-3-1)18-13-25(7-9-26-18)19-12-20(24-14-23-19)28-17-10-16(11-17)21-22-6-8-27-21/h1-6,8,12,14,16-18H,7,9-11,13H2/t16?,17?,18-/m1/s1. The molecule has 0 radical (unpaired) electrons. The number of hydrogen-bond donors (Lipinski definition) is 0. The van der Waals surface area contributed by atoms with Crippen molar-refractivity contribution in [1.29, 1.82) is 0 Å². The molecule has 0 bridgehead atoms. The minimum atomic E-state index is 0.0440. The van der Waals surface area contributed by atoms with Gasteiger partial charge in [-0.15, -0.1) is 0 Å². The maximum absolute atomic E-state index is 6.04. The van der Waals surface area contributed by atoms with Gasteiger partial charge in [0.25, 0.3) is 0 Å². The van der Waals surface area contributed by atoms with Crippen molar-refractivity contribution in [3.05, 3.63) is 66.6 Å². The number of nitrogens with zero attached hydrogens (tertiary/aromatic N) is 4. The quantitative estimate of drug-likeness (QED) is 0.674. The Morgan fingerprint density at radius 1 is 1.07 bits per heavy atom. The number of ether oxygens (including phenoxy) is 2. The Morgan fingerprint density at radius 2 is 1.96 bits per heavy atom. The molecule has 1 saturated heterocycles. The highest BCUT2D eigenvalue weighted by Crippen LogP contribution is 2.38. The molecule has 2 aromatic heterocycles. The van der Waals surface area contributed by atoms with Crippen LogP contribution in [0.4, 0.5) is 5.82 Å². The fourth-order valence-corrected chi connectivity index (χ4v) is 3.76. The smallest absolute Gasteiger partial charge is 0.218 e. The van der Waals surface area contributed by atoms with E-state index in [1.807, 2.05) is 24.3 Å². The van der Waals surface area contributed by atoms with Crippen LogP contribution < -0.4 is 9.64 Å². The predicted octanol–water partition coefficient (Wildman–Crippen LogP) is 3.37. The SMILES string of the molecule is c1ccc([C@H]2CN(c3cc(OC4CC(c5ncco5)C4)ncn3)CCO2)cc1. The second-order valence-corrected chi connectivity index (χ2v) is 7.21. The molecular weight excluding hydrogens is 356 g/mol. The van der Waals surface area contributed by atoms with E-state index < -0.39 is 0 Å². The first-order valence-electron chi connectivity index (χ1n) is 9.65. The summed E-state index contributed by atoms with van der Waals surface area (Å²) in [6, 6.07) is 12.2. The first kappa shape index (κ1) is 17.2. The highest BCUT2D eigenvalue weighted by atomic mass is 16.5. The Labute approximate surface area is 163 Å². The summed E-state index contributed by atoms with van der Waals surface area (Å²) in [5.74, 6) is 2.62. The molecule has 1 atom stereocenters. The van der Waals surface area contributed by atoms with Crippen LogP contribution >= 0.6 is 0 Å². The van der Waals surface area contributed by atoms with Crippen molar-refractivity contribution < 1.29 is 13.9 Å². The molecule has 0 spiro atoms. The van der Waals surface area contributed by atoms with E-state index in [2.05, 4.69) is 32.0 Å². The topological polar surface area (TPSA) is 73.5 Å². The van der Waals surface area contributed by atoms with Crippen LogP contribution in [0.1, 0.15) is 36.3 Å². The Bertz CT molecular complexity index is 897. The third-order valence-corrected chi connectivity index (χ3v) is 5.37. The average Bonchev–Trinajstić information content (AvgIpc) is 3.26. The molecule has 7 nitrogen and oxygen atoms in total. The number of benzene rings is 1. The predicted molar refractivity (Wildman–Crippen MR) is 102 cm³/mol. The van der Waals surface area contributed by atoms with Crippen LogP contribution in [0.5, 0.6) is 5.88 Å². The average molecular weight is 378 g/mol. The third-order valence-electron chi connectivity index (χ3n) is 5.37. The van der Waals surface area contributed by atoms with Crippen LogP contribution in [0.3, 0.4) is 0 Å². The van der Waals surface area contributed by atoms with Crippen molar-refractivity contribution >= 4 is 5.82 Å². The summed E-state index contributed by atoms with van der Waals surface area (Å²) >= 11 is 0. The van der Waals surface area contributed by atoms with Gasteiger partial charge in [0.15, 0.2) is 5.89 Å². The van der Waals surface area contributed by atoms with Crippen molar-refractivity contribution in [1.82, 2.24) is 15.0 Å². The molecule has 0 amide bonds. The van der Waals surface area contributed by atoms with Gasteiger partial charge in [0.1, 0.15) is 30.6 Å². The number of oxazole rings is 1. The van der Waals surface area contributed by atoms with Gasteiger partial charge < -0.3 is 18.8 Å². The largest absolute Gasteiger partial charge is 0.474 e. The Balaban J connectivity index is 1.22. The van der Waals surface area contributed by atoms with Gasteiger partial charge in [-0.25, -0.2) is 15.0 Å². The molecule has 28 heavy (non-hydrogen) atoms. The molecule has 3 heterocycles. The van der Waals surface area contributed by atoms with E-state index in [1.54, 1.807) is 18.8 Å². The summed E-state index contributed by atoms with van der Waals surface area (Å²) in [5.41, 5.74) is 1.18. The lowest BCUT2D eigenvalue weighted by Crippen LogP contribution is -2.39. The maximum atomic E-state index is 6.04. The number of aromatic nitrogens is 3. The summed E-state index contributed by atoms with van der Waals surface area (Å²) in [5, 5.41) is 0. The molecule has 0 N–H and O–H groups in total. The van der Waals surface area contributed by atoms with E-state index in [-0.39, 0.29) is 12.2 Å². The first-order valence-corrected chi connectivity index (χ1v) is 9.65. The van der Waals surface area contributed by atoms with Gasteiger partial charge in [-0.05, 0) is 18.4 Å². The van der Waals surface area contributed by atoms with Crippen LogP contribution in [0.15, 0.2) is 59.6 Å². The van der Waals surface area contributed by atoms with E-state index in [9.17, 15) is 0 Å². The molecule has 144 valence electrons. The number of hydrogen-bond acceptors (Lipinski definition) is 7. The van der Waals surface area contributed by atoms with Crippen molar-refractivity contribution in [2.45, 2.75) is 31.0 Å². The minimum absolute atomic E-state index is 0.0440. The number of morpholine rings is 1. The first-order chi connectivity index (χ1) is 13.8. The van der Waals surface area contributed by atoms with Crippen molar-refractivity contribution in [2.75, 3.05) is 24.6 Å². The highest BCUT2D eigenvalue weighted by Gasteiger charge is 2.35. The normalized spacial score (nSPS) is 24.6. The zero-order chi connectivity index (χ0) is 18.8. The second kappa shape index (κ2) is 7.59. The van der Waals surface area contributed by atoms with Gasteiger partial charge in [0, 0.05) is 25.1 Å². The molecule has 1 aliphatic carbocycles.